The number of benzene rings is 2. The average molecular weight is 309 g/mol. The maximum absolute atomic E-state index is 12.2. The molecule has 1 heterocycles. The number of carbonyl (C=O) groups is 1. The van der Waals surface area contributed by atoms with E-state index in [1.807, 2.05) is 30.3 Å². The number of H-pyrrole nitrogens is 1. The lowest BCUT2D eigenvalue weighted by molar-refractivity contribution is -0.128. The molecule has 1 unspecified atom stereocenters. The van der Waals surface area contributed by atoms with Crippen LogP contribution in [-0.4, -0.2) is 23.1 Å². The maximum Gasteiger partial charge on any atom is 0.297 e. The standard InChI is InChI=1S/C17H15N3O3/c1-23-15(11-7-3-2-4-8-11)17(22)20-19-14-12-9-5-6-10-13(12)18-16(14)21/h2-10,15,18,21H,1H3. The number of nitrogens with one attached hydrogen (secondary N) is 1. The van der Waals surface area contributed by atoms with Crippen molar-refractivity contribution in [3.8, 4) is 5.88 Å². The van der Waals surface area contributed by atoms with Crippen LogP contribution in [0.2, 0.25) is 0 Å². The minimum Gasteiger partial charge on any atom is -0.493 e. The molecule has 116 valence electrons. The second kappa shape index (κ2) is 6.41. The Balaban J connectivity index is 1.89. The molecule has 2 N–H and O–H groups in total. The van der Waals surface area contributed by atoms with Crippen molar-refractivity contribution in [1.82, 2.24) is 4.98 Å². The van der Waals surface area contributed by atoms with E-state index in [9.17, 15) is 9.90 Å². The highest BCUT2D eigenvalue weighted by atomic mass is 16.5. The van der Waals surface area contributed by atoms with Crippen molar-refractivity contribution in [2.75, 3.05) is 7.11 Å². The first-order chi connectivity index (χ1) is 11.2. The van der Waals surface area contributed by atoms with E-state index in [4.69, 9.17) is 4.74 Å². The van der Waals surface area contributed by atoms with E-state index in [0.29, 0.717) is 10.9 Å². The number of aromatic hydroxyl groups is 1. The maximum atomic E-state index is 12.2. The van der Waals surface area contributed by atoms with Crippen LogP contribution in [0, 0.1) is 0 Å². The van der Waals surface area contributed by atoms with Crippen LogP contribution >= 0.6 is 0 Å². The second-order valence-electron chi connectivity index (χ2n) is 4.93. The van der Waals surface area contributed by atoms with Gasteiger partial charge in [0, 0.05) is 12.5 Å². The first kappa shape index (κ1) is 14.9. The fourth-order valence-electron chi connectivity index (χ4n) is 2.37. The Morgan fingerprint density at radius 2 is 1.83 bits per heavy atom. The van der Waals surface area contributed by atoms with Gasteiger partial charge in [0.25, 0.3) is 5.91 Å². The van der Waals surface area contributed by atoms with Gasteiger partial charge in [0.05, 0.1) is 5.52 Å². The third-order valence-corrected chi connectivity index (χ3v) is 3.47. The molecule has 1 amide bonds. The van der Waals surface area contributed by atoms with E-state index >= 15 is 0 Å². The summed E-state index contributed by atoms with van der Waals surface area (Å²) in [5.74, 6) is -0.667. The Morgan fingerprint density at radius 1 is 1.13 bits per heavy atom. The molecule has 0 fully saturated rings. The van der Waals surface area contributed by atoms with Gasteiger partial charge in [-0.1, -0.05) is 48.5 Å². The number of nitrogens with zero attached hydrogens (tertiary/aromatic N) is 2. The highest BCUT2D eigenvalue weighted by Crippen LogP contribution is 2.35. The summed E-state index contributed by atoms with van der Waals surface area (Å²) in [7, 11) is 1.44. The van der Waals surface area contributed by atoms with Gasteiger partial charge in [0.1, 0.15) is 0 Å². The Bertz CT molecular complexity index is 856. The molecule has 0 radical (unpaired) electrons. The molecular weight excluding hydrogens is 294 g/mol. The molecule has 0 aliphatic rings. The normalized spacial score (nSPS) is 12.7. The number of rotatable bonds is 4. The quantitative estimate of drug-likeness (QED) is 0.717. The molecule has 1 aromatic heterocycles. The Labute approximate surface area is 132 Å². The minimum atomic E-state index is -0.827. The number of aromatic amines is 1. The third-order valence-electron chi connectivity index (χ3n) is 3.47. The van der Waals surface area contributed by atoms with Crippen molar-refractivity contribution in [3.05, 3.63) is 60.2 Å². The van der Waals surface area contributed by atoms with E-state index in [1.165, 1.54) is 7.11 Å². The highest BCUT2D eigenvalue weighted by Gasteiger charge is 2.20. The lowest BCUT2D eigenvalue weighted by Crippen LogP contribution is -2.11. The lowest BCUT2D eigenvalue weighted by Gasteiger charge is -2.10. The van der Waals surface area contributed by atoms with Gasteiger partial charge in [-0.3, -0.25) is 4.79 Å². The lowest BCUT2D eigenvalue weighted by atomic mass is 10.1. The summed E-state index contributed by atoms with van der Waals surface area (Å²) in [6, 6.07) is 16.3. The SMILES string of the molecule is COC(C(=O)N=Nc1c(O)[nH]c2ccccc12)c1ccccc1. The van der Waals surface area contributed by atoms with Crippen molar-refractivity contribution in [2.24, 2.45) is 10.2 Å². The van der Waals surface area contributed by atoms with Crippen molar-refractivity contribution in [3.63, 3.8) is 0 Å². The molecular formula is C17H15N3O3. The van der Waals surface area contributed by atoms with Crippen molar-refractivity contribution >= 4 is 22.5 Å². The smallest absolute Gasteiger partial charge is 0.297 e. The van der Waals surface area contributed by atoms with Gasteiger partial charge in [-0.15, -0.1) is 10.2 Å². The van der Waals surface area contributed by atoms with Gasteiger partial charge >= 0.3 is 0 Å². The fourth-order valence-corrected chi connectivity index (χ4v) is 2.37. The molecule has 0 saturated carbocycles. The summed E-state index contributed by atoms with van der Waals surface area (Å²) in [6.45, 7) is 0. The molecule has 0 aliphatic heterocycles. The minimum absolute atomic E-state index is 0.128. The molecule has 6 heteroatoms. The Kier molecular flexibility index (Phi) is 4.16. The van der Waals surface area contributed by atoms with Gasteiger partial charge in [-0.25, -0.2) is 0 Å². The number of carbonyl (C=O) groups excluding carboxylic acids is 1. The van der Waals surface area contributed by atoms with E-state index in [0.717, 1.165) is 5.52 Å². The van der Waals surface area contributed by atoms with Crippen LogP contribution in [0.3, 0.4) is 0 Å². The van der Waals surface area contributed by atoms with Gasteiger partial charge in [0.2, 0.25) is 5.88 Å². The summed E-state index contributed by atoms with van der Waals surface area (Å²) in [5, 5.41) is 18.2. The first-order valence-electron chi connectivity index (χ1n) is 7.03. The zero-order valence-corrected chi connectivity index (χ0v) is 12.4. The first-order valence-corrected chi connectivity index (χ1v) is 7.03. The molecule has 0 spiro atoms. The number of aromatic nitrogens is 1. The van der Waals surface area contributed by atoms with Gasteiger partial charge in [-0.05, 0) is 11.6 Å². The second-order valence-corrected chi connectivity index (χ2v) is 4.93. The molecule has 23 heavy (non-hydrogen) atoms. The van der Waals surface area contributed by atoms with E-state index < -0.39 is 12.0 Å². The molecule has 6 nitrogen and oxygen atoms in total. The predicted octanol–water partition coefficient (Wildman–Crippen LogP) is 3.87. The van der Waals surface area contributed by atoms with Crippen LogP contribution in [0.1, 0.15) is 11.7 Å². The van der Waals surface area contributed by atoms with Crippen molar-refractivity contribution < 1.29 is 14.6 Å². The topological polar surface area (TPSA) is 87.0 Å². The molecule has 0 saturated heterocycles. The summed E-state index contributed by atoms with van der Waals surface area (Å²) in [6.07, 6.45) is -0.827. The molecule has 1 atom stereocenters. The van der Waals surface area contributed by atoms with Crippen molar-refractivity contribution in [2.45, 2.75) is 6.10 Å². The van der Waals surface area contributed by atoms with Crippen molar-refractivity contribution in [1.29, 1.82) is 0 Å². The number of amides is 1. The molecule has 3 aromatic rings. The number of hydrogen-bond donors (Lipinski definition) is 2. The van der Waals surface area contributed by atoms with Gasteiger partial charge < -0.3 is 14.8 Å². The van der Waals surface area contributed by atoms with Crippen LogP contribution < -0.4 is 0 Å². The summed E-state index contributed by atoms with van der Waals surface area (Å²) in [5.41, 5.74) is 1.65. The number of para-hydroxylation sites is 1. The summed E-state index contributed by atoms with van der Waals surface area (Å²) >= 11 is 0. The van der Waals surface area contributed by atoms with Crippen LogP contribution in [0.15, 0.2) is 64.8 Å². The number of methoxy groups -OCH3 is 1. The predicted molar refractivity (Wildman–Crippen MR) is 85.7 cm³/mol. The molecule has 0 bridgehead atoms. The van der Waals surface area contributed by atoms with E-state index in [2.05, 4.69) is 15.2 Å². The average Bonchev–Trinajstić information content (AvgIpc) is 2.90. The zero-order chi connectivity index (χ0) is 16.2. The monoisotopic (exact) mass is 309 g/mol. The molecule has 3 rings (SSSR count). The van der Waals surface area contributed by atoms with Gasteiger partial charge in [0.15, 0.2) is 11.8 Å². The van der Waals surface area contributed by atoms with Gasteiger partial charge in [-0.2, -0.15) is 0 Å². The highest BCUT2D eigenvalue weighted by molar-refractivity contribution is 5.94. The van der Waals surface area contributed by atoms with Crippen LogP contribution in [0.5, 0.6) is 5.88 Å². The van der Waals surface area contributed by atoms with Crippen LogP contribution in [0.25, 0.3) is 10.9 Å². The number of hydrogen-bond acceptors (Lipinski definition) is 4. The third kappa shape index (κ3) is 2.97. The van der Waals surface area contributed by atoms with Crippen LogP contribution in [-0.2, 0) is 9.53 Å². The van der Waals surface area contributed by atoms with E-state index in [1.54, 1.807) is 24.3 Å². The zero-order valence-electron chi connectivity index (χ0n) is 12.4. The Morgan fingerprint density at radius 3 is 2.57 bits per heavy atom. The van der Waals surface area contributed by atoms with Crippen LogP contribution in [0.4, 0.5) is 5.69 Å². The number of azo groups is 1. The molecule has 0 aliphatic carbocycles. The Hall–Kier alpha value is -2.99. The number of ether oxygens (including phenoxy) is 1. The fraction of sp³-hybridized carbons (Fsp3) is 0.118. The largest absolute Gasteiger partial charge is 0.493 e. The van der Waals surface area contributed by atoms with E-state index in [-0.39, 0.29) is 11.6 Å². The summed E-state index contributed by atoms with van der Waals surface area (Å²) < 4.78 is 5.21. The summed E-state index contributed by atoms with van der Waals surface area (Å²) in [4.78, 5) is 15.0. The molecule has 2 aromatic carbocycles. The number of fused-ring (bicyclic) bond motifs is 1.